The fourth-order valence-corrected chi connectivity index (χ4v) is 3.29. The van der Waals surface area contributed by atoms with E-state index < -0.39 is 32.0 Å². The molecule has 3 N–H and O–H groups in total. The molecule has 22 heavy (non-hydrogen) atoms. The molecular formula is C10H15Na2O9P. The van der Waals surface area contributed by atoms with Crippen molar-refractivity contribution in [3.05, 3.63) is 0 Å². The number of aliphatic carboxylic acids is 3. The molecule has 0 saturated carbocycles. The fourth-order valence-electron chi connectivity index (χ4n) is 1.10. The molecule has 0 unspecified atom stereocenters. The zero-order chi connectivity index (χ0) is 16.1. The maximum absolute atomic E-state index is 10.4. The van der Waals surface area contributed by atoms with Crippen molar-refractivity contribution in [1.82, 2.24) is 0 Å². The summed E-state index contributed by atoms with van der Waals surface area (Å²) in [5, 5.41) is 42.2. The summed E-state index contributed by atoms with van der Waals surface area (Å²) in [6.07, 6.45) is -1.22. The van der Waals surface area contributed by atoms with Gasteiger partial charge in [-0.3, -0.25) is 14.4 Å². The summed E-state index contributed by atoms with van der Waals surface area (Å²) in [5.74, 6) is -2.80. The molecule has 0 atom stereocenters. The van der Waals surface area contributed by atoms with Crippen LogP contribution in [0.3, 0.4) is 0 Å². The number of carbonyl (C=O) groups excluding carboxylic acids is 1. The molecule has 12 heteroatoms. The van der Waals surface area contributed by atoms with Gasteiger partial charge in [0.25, 0.3) is 0 Å². The zero-order valence-electron chi connectivity index (χ0n) is 12.5. The van der Waals surface area contributed by atoms with Crippen LogP contribution in [0.15, 0.2) is 0 Å². The number of rotatable bonds is 9. The van der Waals surface area contributed by atoms with Crippen LogP contribution in [0.1, 0.15) is 19.3 Å². The van der Waals surface area contributed by atoms with Crippen LogP contribution in [0.2, 0.25) is 0 Å². The van der Waals surface area contributed by atoms with Gasteiger partial charge in [-0.05, 0) is 24.6 Å². The second kappa shape index (κ2) is 19.2. The molecule has 0 rings (SSSR count). The van der Waals surface area contributed by atoms with Crippen LogP contribution in [-0.4, -0.2) is 57.9 Å². The van der Waals surface area contributed by atoms with Crippen molar-refractivity contribution in [2.75, 3.05) is 18.5 Å². The predicted octanol–water partition coefficient (Wildman–Crippen LogP) is -7.55. The van der Waals surface area contributed by atoms with Gasteiger partial charge < -0.3 is 30.3 Å². The zero-order valence-corrected chi connectivity index (χ0v) is 17.4. The van der Waals surface area contributed by atoms with E-state index >= 15 is 0 Å². The fraction of sp³-hybridized carbons (Fsp3) is 0.600. The molecule has 0 aliphatic rings. The van der Waals surface area contributed by atoms with Crippen molar-refractivity contribution in [2.45, 2.75) is 19.3 Å². The van der Waals surface area contributed by atoms with Crippen LogP contribution < -0.4 is 69.3 Å². The Morgan fingerprint density at radius 3 is 1.00 bits per heavy atom. The Hall–Kier alpha value is 0.110. The minimum Gasteiger partial charge on any atom is -0.652 e. The second-order valence-electron chi connectivity index (χ2n) is 3.52. The van der Waals surface area contributed by atoms with Gasteiger partial charge in [0.1, 0.15) is 0 Å². The summed E-state index contributed by atoms with van der Waals surface area (Å²) in [6.45, 7) is 0. The maximum atomic E-state index is 10.4. The molecule has 0 spiro atoms. The first-order valence-corrected chi connectivity index (χ1v) is 7.30. The monoisotopic (exact) mass is 356 g/mol. The minimum absolute atomic E-state index is 0. The third kappa shape index (κ3) is 32.2. The predicted molar refractivity (Wildman–Crippen MR) is 63.7 cm³/mol. The van der Waals surface area contributed by atoms with Gasteiger partial charge >= 0.3 is 77.0 Å². The van der Waals surface area contributed by atoms with Crippen LogP contribution in [0, 0.1) is 0 Å². The number of hydrogen-bond acceptors (Lipinski definition) is 6. The van der Waals surface area contributed by atoms with E-state index in [0.717, 1.165) is 0 Å². The molecule has 0 aliphatic heterocycles. The molecule has 0 aromatic rings. The van der Waals surface area contributed by atoms with Gasteiger partial charge in [0, 0.05) is 19.3 Å². The molecular weight excluding hydrogens is 341 g/mol. The molecule has 0 aromatic carbocycles. The molecule has 0 amide bonds. The summed E-state index contributed by atoms with van der Waals surface area (Å²) in [4.78, 5) is 39.4. The largest absolute Gasteiger partial charge is 1.00 e. The Bertz CT molecular complexity index is 304. The number of carboxylic acids is 3. The van der Waals surface area contributed by atoms with Gasteiger partial charge in [0.05, 0.1) is 0 Å². The normalized spacial score (nSPS) is 8.59. The quantitative estimate of drug-likeness (QED) is 0.268. The average molecular weight is 356 g/mol. The first-order valence-electron chi connectivity index (χ1n) is 5.40. The van der Waals surface area contributed by atoms with E-state index in [-0.39, 0.29) is 78.4 Å². The van der Waals surface area contributed by atoms with Crippen LogP contribution in [0.25, 0.3) is 0 Å². The average Bonchev–Trinajstić information content (AvgIpc) is 2.26. The van der Waals surface area contributed by atoms with Crippen LogP contribution in [0.5, 0.6) is 0 Å². The van der Waals surface area contributed by atoms with Gasteiger partial charge in [-0.25, -0.2) is 0 Å². The van der Waals surface area contributed by atoms with E-state index in [0.29, 0.717) is 18.5 Å². The van der Waals surface area contributed by atoms with E-state index in [2.05, 4.69) is 0 Å². The smallest absolute Gasteiger partial charge is 0.652 e. The number of carboxylic acid groups (broad SMARTS) is 5. The van der Waals surface area contributed by atoms with Crippen molar-refractivity contribution >= 4 is 32.0 Å². The summed E-state index contributed by atoms with van der Waals surface area (Å²) < 4.78 is 0. The van der Waals surface area contributed by atoms with Crippen LogP contribution in [-0.2, 0) is 14.4 Å². The molecule has 0 aliphatic carbocycles. The third-order valence-electron chi connectivity index (χ3n) is 1.93. The van der Waals surface area contributed by atoms with E-state index in [9.17, 15) is 14.4 Å². The Labute approximate surface area is 172 Å². The molecule has 0 heterocycles. The SMILES string of the molecule is O=C(O)CCP(CCC(=O)O)CCC(=O)O.O=C([O-])[O-].[Na+].[Na+]. The minimum atomic E-state index is -2.33. The molecule has 0 saturated heterocycles. The molecule has 0 aromatic heterocycles. The van der Waals surface area contributed by atoms with Gasteiger partial charge in [0.15, 0.2) is 0 Å². The maximum Gasteiger partial charge on any atom is 1.00 e. The van der Waals surface area contributed by atoms with Gasteiger partial charge in [-0.15, -0.1) is 7.92 Å². The van der Waals surface area contributed by atoms with Gasteiger partial charge in [-0.1, -0.05) is 0 Å². The summed E-state index contributed by atoms with van der Waals surface area (Å²) in [5.41, 5.74) is 0. The van der Waals surface area contributed by atoms with E-state index in [1.54, 1.807) is 0 Å². The van der Waals surface area contributed by atoms with E-state index in [1.165, 1.54) is 0 Å². The van der Waals surface area contributed by atoms with E-state index in [1.807, 2.05) is 0 Å². The van der Waals surface area contributed by atoms with Crippen molar-refractivity contribution < 1.29 is 104 Å². The Morgan fingerprint density at radius 1 is 0.682 bits per heavy atom. The van der Waals surface area contributed by atoms with Crippen molar-refractivity contribution in [1.29, 1.82) is 0 Å². The molecule has 0 bridgehead atoms. The summed E-state index contributed by atoms with van der Waals surface area (Å²) in [6, 6.07) is 0. The van der Waals surface area contributed by atoms with E-state index in [4.69, 9.17) is 30.3 Å². The standard InChI is InChI=1S/C9H15O6P.CH2O3.2Na/c10-7(11)1-4-16(5-2-8(12)13)6-3-9(14)15;2-1(3)4;;/h1-6H2,(H,10,11)(H,12,13)(H,14,15);(H2,2,3,4);;/q;;2*+1/p-2. The second-order valence-corrected chi connectivity index (χ2v) is 6.21. The van der Waals surface area contributed by atoms with Crippen molar-refractivity contribution in [3.8, 4) is 0 Å². The summed E-state index contributed by atoms with van der Waals surface area (Å²) >= 11 is 0. The van der Waals surface area contributed by atoms with Crippen LogP contribution in [0.4, 0.5) is 4.79 Å². The number of carbonyl (C=O) groups is 4. The Kier molecular flexibility index (Phi) is 26.2. The third-order valence-corrected chi connectivity index (χ3v) is 4.49. The van der Waals surface area contributed by atoms with Crippen LogP contribution >= 0.6 is 7.92 Å². The molecule has 0 radical (unpaired) electrons. The molecule has 0 fully saturated rings. The topological polar surface area (TPSA) is 175 Å². The first kappa shape index (κ1) is 30.0. The Morgan fingerprint density at radius 2 is 0.864 bits per heavy atom. The molecule has 9 nitrogen and oxygen atoms in total. The summed E-state index contributed by atoms with van der Waals surface area (Å²) in [7, 11) is -0.801. The van der Waals surface area contributed by atoms with Gasteiger partial charge in [-0.2, -0.15) is 0 Å². The van der Waals surface area contributed by atoms with Crippen molar-refractivity contribution in [3.63, 3.8) is 0 Å². The first-order chi connectivity index (χ1) is 9.15. The van der Waals surface area contributed by atoms with Gasteiger partial charge in [0.2, 0.25) is 0 Å². The molecule has 116 valence electrons. The number of hydrogen-bond donors (Lipinski definition) is 3. The van der Waals surface area contributed by atoms with Crippen molar-refractivity contribution in [2.24, 2.45) is 0 Å². The Balaban J connectivity index is -0.000000240.